The molecule has 1 saturated heterocycles. The molecule has 4 rings (SSSR count). The summed E-state index contributed by atoms with van der Waals surface area (Å²) in [6.45, 7) is 1.43. The number of ether oxygens (including phenoxy) is 2. The number of rotatable bonds is 5. The van der Waals surface area contributed by atoms with E-state index in [4.69, 9.17) is 21.1 Å². The van der Waals surface area contributed by atoms with Crippen molar-refractivity contribution in [2.24, 2.45) is 0 Å². The smallest absolute Gasteiger partial charge is 0.215 e. The van der Waals surface area contributed by atoms with Crippen molar-refractivity contribution in [1.29, 1.82) is 0 Å². The van der Waals surface area contributed by atoms with Gasteiger partial charge in [0.05, 0.1) is 31.5 Å². The third kappa shape index (κ3) is 3.68. The Morgan fingerprint density at radius 2 is 2.26 bits per heavy atom. The van der Waals surface area contributed by atoms with Crippen LogP contribution in [0.25, 0.3) is 11.2 Å². The molecule has 0 radical (unpaired) electrons. The third-order valence-corrected chi connectivity index (χ3v) is 6.12. The maximum absolute atomic E-state index is 13.5. The zero-order valence-electron chi connectivity index (χ0n) is 14.5. The lowest BCUT2D eigenvalue weighted by Crippen LogP contribution is -2.46. The van der Waals surface area contributed by atoms with Crippen molar-refractivity contribution in [2.75, 3.05) is 26.9 Å². The number of methoxy groups -OCH3 is 1. The number of aromatic amines is 1. The van der Waals surface area contributed by atoms with E-state index < -0.39 is 21.7 Å². The molecule has 1 aliphatic rings. The van der Waals surface area contributed by atoms with Gasteiger partial charge in [-0.3, -0.25) is 9.88 Å². The second kappa shape index (κ2) is 7.89. The number of alkyl halides is 1. The van der Waals surface area contributed by atoms with Crippen LogP contribution in [0.4, 0.5) is 0 Å². The standard InChI is InChI=1S/C17H18ClN5O3S/c1-25-14-6-5-11-15(21-14)22-17(20-11)27(24)16(12-4-2-3-7-19-12)23-8-9-26-10-13(23)18/h2-7,13,16H,8-10H2,1H3,(H,20,21,22). The molecular formula is C17H18ClN5O3S. The molecule has 1 fully saturated rings. The Hall–Kier alpha value is -2.07. The normalized spacial score (nSPS) is 20.4. The summed E-state index contributed by atoms with van der Waals surface area (Å²) in [4.78, 5) is 18.1. The maximum atomic E-state index is 13.5. The maximum Gasteiger partial charge on any atom is 0.215 e. The van der Waals surface area contributed by atoms with Crippen molar-refractivity contribution < 1.29 is 13.7 Å². The molecule has 3 unspecified atom stereocenters. The van der Waals surface area contributed by atoms with Crippen LogP contribution in [0.1, 0.15) is 11.1 Å². The lowest BCUT2D eigenvalue weighted by atomic mass is 10.3. The monoisotopic (exact) mass is 407 g/mol. The average Bonchev–Trinajstić information content (AvgIpc) is 3.13. The molecule has 8 nitrogen and oxygen atoms in total. The number of hydrogen-bond donors (Lipinski definition) is 1. The van der Waals surface area contributed by atoms with Crippen LogP contribution in [0.3, 0.4) is 0 Å². The van der Waals surface area contributed by atoms with Gasteiger partial charge in [0.1, 0.15) is 21.7 Å². The van der Waals surface area contributed by atoms with Gasteiger partial charge in [0.25, 0.3) is 0 Å². The molecule has 0 aromatic carbocycles. The first-order valence-corrected chi connectivity index (χ1v) is 10.0. The van der Waals surface area contributed by atoms with Crippen molar-refractivity contribution in [1.82, 2.24) is 24.8 Å². The second-order valence-corrected chi connectivity index (χ2v) is 7.85. The molecule has 4 heterocycles. The first-order valence-electron chi connectivity index (χ1n) is 8.37. The van der Waals surface area contributed by atoms with Crippen LogP contribution < -0.4 is 4.74 Å². The summed E-state index contributed by atoms with van der Waals surface area (Å²) in [5.74, 6) is 0.446. The van der Waals surface area contributed by atoms with Gasteiger partial charge in [-0.15, -0.1) is 11.6 Å². The van der Waals surface area contributed by atoms with Crippen molar-refractivity contribution in [2.45, 2.75) is 16.0 Å². The number of pyridine rings is 2. The number of fused-ring (bicyclic) bond motifs is 1. The Balaban J connectivity index is 1.74. The third-order valence-electron chi connectivity index (χ3n) is 4.25. The fourth-order valence-electron chi connectivity index (χ4n) is 2.94. The summed E-state index contributed by atoms with van der Waals surface area (Å²) >= 11 is 6.46. The fraction of sp³-hybridized carbons (Fsp3) is 0.353. The van der Waals surface area contributed by atoms with Gasteiger partial charge in [-0.25, -0.2) is 9.19 Å². The minimum atomic E-state index is -1.56. The summed E-state index contributed by atoms with van der Waals surface area (Å²) in [7, 11) is -0.0180. The molecule has 0 saturated carbocycles. The number of nitrogens with one attached hydrogen (secondary N) is 1. The Labute approximate surface area is 163 Å². The zero-order chi connectivity index (χ0) is 18.8. The first-order chi connectivity index (χ1) is 13.2. The summed E-state index contributed by atoms with van der Waals surface area (Å²) in [5.41, 5.74) is 1.39. The average molecular weight is 408 g/mol. The number of aromatic nitrogens is 4. The van der Waals surface area contributed by atoms with E-state index in [0.717, 1.165) is 0 Å². The van der Waals surface area contributed by atoms with Gasteiger partial charge in [0.2, 0.25) is 11.0 Å². The SMILES string of the molecule is COc1ccc2[nH]c(S(=O)C(c3ccccn3)N3CCOCC3Cl)nc2n1. The molecule has 10 heteroatoms. The lowest BCUT2D eigenvalue weighted by molar-refractivity contribution is 0.0149. The van der Waals surface area contributed by atoms with Crippen molar-refractivity contribution in [3.05, 3.63) is 42.2 Å². The Morgan fingerprint density at radius 3 is 3.00 bits per heavy atom. The highest BCUT2D eigenvalue weighted by Crippen LogP contribution is 2.31. The van der Waals surface area contributed by atoms with Crippen LogP contribution in [0.2, 0.25) is 0 Å². The largest absolute Gasteiger partial charge is 0.481 e. The first kappa shape index (κ1) is 18.3. The predicted octanol–water partition coefficient (Wildman–Crippen LogP) is 2.06. The number of hydrogen-bond acceptors (Lipinski definition) is 7. The fourth-order valence-corrected chi connectivity index (χ4v) is 4.76. The highest BCUT2D eigenvalue weighted by atomic mass is 35.5. The van der Waals surface area contributed by atoms with Crippen LogP contribution >= 0.6 is 11.6 Å². The predicted molar refractivity (Wildman–Crippen MR) is 101 cm³/mol. The molecule has 0 aliphatic carbocycles. The van der Waals surface area contributed by atoms with E-state index in [2.05, 4.69) is 19.9 Å². The number of H-pyrrole nitrogens is 1. The molecular weight excluding hydrogens is 390 g/mol. The number of nitrogens with zero attached hydrogens (tertiary/aromatic N) is 4. The number of imidazole rings is 1. The molecule has 3 aromatic rings. The quantitative estimate of drug-likeness (QED) is 0.511. The van der Waals surface area contributed by atoms with Crippen molar-refractivity contribution in [3.8, 4) is 5.88 Å². The zero-order valence-corrected chi connectivity index (χ0v) is 16.1. The van der Waals surface area contributed by atoms with Crippen LogP contribution in [-0.2, 0) is 15.5 Å². The van der Waals surface area contributed by atoms with E-state index in [1.54, 1.807) is 18.3 Å². The molecule has 0 amide bonds. The highest BCUT2D eigenvalue weighted by Gasteiger charge is 2.36. The lowest BCUT2D eigenvalue weighted by Gasteiger charge is -2.36. The molecule has 0 spiro atoms. The highest BCUT2D eigenvalue weighted by molar-refractivity contribution is 7.85. The number of halogens is 1. The van der Waals surface area contributed by atoms with E-state index in [1.807, 2.05) is 23.1 Å². The van der Waals surface area contributed by atoms with Crippen LogP contribution in [-0.4, -0.2) is 61.4 Å². The van der Waals surface area contributed by atoms with Crippen LogP contribution in [0.5, 0.6) is 5.88 Å². The van der Waals surface area contributed by atoms with Gasteiger partial charge in [0, 0.05) is 18.8 Å². The second-order valence-electron chi connectivity index (χ2n) is 5.92. The van der Waals surface area contributed by atoms with E-state index in [9.17, 15) is 4.21 Å². The summed E-state index contributed by atoms with van der Waals surface area (Å²) in [5, 5.41) is -0.239. The van der Waals surface area contributed by atoms with E-state index in [0.29, 0.717) is 47.7 Å². The van der Waals surface area contributed by atoms with Crippen LogP contribution in [0.15, 0.2) is 41.7 Å². The van der Waals surface area contributed by atoms with Crippen LogP contribution in [0, 0.1) is 0 Å². The molecule has 142 valence electrons. The molecule has 3 aromatic heterocycles. The van der Waals surface area contributed by atoms with Gasteiger partial charge in [-0.2, -0.15) is 4.98 Å². The summed E-state index contributed by atoms with van der Waals surface area (Å²) < 4.78 is 24.0. The Bertz CT molecular complexity index is 954. The minimum absolute atomic E-state index is 0.316. The molecule has 3 atom stereocenters. The topological polar surface area (TPSA) is 93.2 Å². The van der Waals surface area contributed by atoms with Gasteiger partial charge in [0.15, 0.2) is 5.65 Å². The molecule has 0 bridgehead atoms. The van der Waals surface area contributed by atoms with E-state index in [1.165, 1.54) is 7.11 Å². The Kier molecular flexibility index (Phi) is 5.35. The Morgan fingerprint density at radius 1 is 1.37 bits per heavy atom. The summed E-state index contributed by atoms with van der Waals surface area (Å²) in [6, 6.07) is 9.04. The van der Waals surface area contributed by atoms with Crippen molar-refractivity contribution >= 4 is 33.6 Å². The molecule has 1 N–H and O–H groups in total. The van der Waals surface area contributed by atoms with Gasteiger partial charge in [-0.05, 0) is 18.2 Å². The van der Waals surface area contributed by atoms with Gasteiger partial charge in [-0.1, -0.05) is 6.07 Å². The van der Waals surface area contributed by atoms with Crippen molar-refractivity contribution in [3.63, 3.8) is 0 Å². The molecule has 27 heavy (non-hydrogen) atoms. The van der Waals surface area contributed by atoms with E-state index >= 15 is 0 Å². The van der Waals surface area contributed by atoms with Gasteiger partial charge < -0.3 is 14.5 Å². The minimum Gasteiger partial charge on any atom is -0.481 e. The molecule has 1 aliphatic heterocycles. The van der Waals surface area contributed by atoms with Gasteiger partial charge >= 0.3 is 0 Å². The summed E-state index contributed by atoms with van der Waals surface area (Å²) in [6.07, 6.45) is 1.67. The number of morpholine rings is 1. The van der Waals surface area contributed by atoms with E-state index in [-0.39, 0.29) is 0 Å².